The van der Waals surface area contributed by atoms with Gasteiger partial charge < -0.3 is 4.74 Å². The number of hydrogen-bond acceptors (Lipinski definition) is 5. The third-order valence-electron chi connectivity index (χ3n) is 7.21. The molecule has 4 aliphatic rings. The van der Waals surface area contributed by atoms with E-state index in [9.17, 15) is 19.7 Å². The van der Waals surface area contributed by atoms with Gasteiger partial charge in [-0.3, -0.25) is 19.7 Å². The second kappa shape index (κ2) is 7.14. The van der Waals surface area contributed by atoms with Gasteiger partial charge in [-0.2, -0.15) is 0 Å². The van der Waals surface area contributed by atoms with Crippen LogP contribution >= 0.6 is 11.6 Å². The zero-order valence-corrected chi connectivity index (χ0v) is 18.9. The van der Waals surface area contributed by atoms with E-state index >= 15 is 0 Å². The Kier molecular flexibility index (Phi) is 4.38. The number of amides is 2. The number of hydrogen-bond donors (Lipinski definition) is 0. The number of imide groups is 1. The summed E-state index contributed by atoms with van der Waals surface area (Å²) < 4.78 is 5.39. The lowest BCUT2D eigenvalue weighted by atomic mass is 9.54. The summed E-state index contributed by atoms with van der Waals surface area (Å²) >= 11 is 7.39. The number of halogens is 1. The standard InChI is InChI=1S/C26H19ClN2O5/c1-2-34-14-11-12-19(20(13-14)29(32)33)28-24(30)22-21-15-7-3-5-9-17(15)26(27,23(22)25(28)31)18-10-6-4-8-16(18)21/h3-13,21-23H,2H2,1H3. The molecule has 0 radical (unpaired) electrons. The van der Waals surface area contributed by atoms with Crippen molar-refractivity contribution in [1.29, 1.82) is 0 Å². The number of carbonyl (C=O) groups is 2. The topological polar surface area (TPSA) is 89.8 Å². The highest BCUT2D eigenvalue weighted by atomic mass is 35.5. The summed E-state index contributed by atoms with van der Waals surface area (Å²) in [6.45, 7) is 2.10. The number of alkyl halides is 1. The van der Waals surface area contributed by atoms with Gasteiger partial charge in [0.25, 0.3) is 5.69 Å². The first-order chi connectivity index (χ1) is 16.4. The predicted octanol–water partition coefficient (Wildman–Crippen LogP) is 4.74. The lowest BCUT2D eigenvalue weighted by molar-refractivity contribution is -0.384. The lowest BCUT2D eigenvalue weighted by Gasteiger charge is -2.50. The second-order valence-electron chi connectivity index (χ2n) is 8.72. The predicted molar refractivity (Wildman–Crippen MR) is 125 cm³/mol. The molecule has 2 amide bonds. The average Bonchev–Trinajstić information content (AvgIpc) is 3.11. The minimum Gasteiger partial charge on any atom is -0.494 e. The Morgan fingerprint density at radius 1 is 1.00 bits per heavy atom. The highest BCUT2D eigenvalue weighted by Crippen LogP contribution is 2.66. The lowest BCUT2D eigenvalue weighted by Crippen LogP contribution is -2.50. The number of nitrogens with zero attached hydrogens (tertiary/aromatic N) is 2. The molecule has 0 spiro atoms. The van der Waals surface area contributed by atoms with Crippen LogP contribution in [0.3, 0.4) is 0 Å². The molecule has 1 saturated heterocycles. The Bertz CT molecular complexity index is 1360. The Labute approximate surface area is 200 Å². The quantitative estimate of drug-likeness (QED) is 0.236. The molecular formula is C26H19ClN2O5. The summed E-state index contributed by atoms with van der Waals surface area (Å²) in [5.41, 5.74) is 3.03. The molecule has 1 aliphatic heterocycles. The van der Waals surface area contributed by atoms with Crippen molar-refractivity contribution in [2.24, 2.45) is 11.8 Å². The Morgan fingerprint density at radius 2 is 1.62 bits per heavy atom. The normalized spacial score (nSPS) is 26.2. The van der Waals surface area contributed by atoms with Crippen LogP contribution in [0.2, 0.25) is 0 Å². The Morgan fingerprint density at radius 3 is 2.21 bits per heavy atom. The number of rotatable bonds is 4. The number of nitro benzene ring substituents is 1. The third kappa shape index (κ3) is 2.47. The average molecular weight is 475 g/mol. The van der Waals surface area contributed by atoms with Crippen LogP contribution in [0, 0.1) is 22.0 Å². The van der Waals surface area contributed by atoms with Crippen LogP contribution in [0.25, 0.3) is 0 Å². The van der Waals surface area contributed by atoms with E-state index in [0.29, 0.717) is 12.4 Å². The fourth-order valence-electron chi connectivity index (χ4n) is 6.01. The van der Waals surface area contributed by atoms with Crippen molar-refractivity contribution < 1.29 is 19.2 Å². The van der Waals surface area contributed by atoms with Crippen LogP contribution < -0.4 is 9.64 Å². The Hall–Kier alpha value is -3.71. The van der Waals surface area contributed by atoms with Crippen molar-refractivity contribution in [3.8, 4) is 5.75 Å². The van der Waals surface area contributed by atoms with E-state index in [1.54, 1.807) is 6.92 Å². The molecule has 3 aromatic rings. The molecule has 2 bridgehead atoms. The maximum atomic E-state index is 13.9. The fourth-order valence-corrected chi connectivity index (χ4v) is 6.58. The number of anilines is 1. The highest BCUT2D eigenvalue weighted by Gasteiger charge is 2.68. The van der Waals surface area contributed by atoms with E-state index < -0.39 is 33.4 Å². The monoisotopic (exact) mass is 474 g/mol. The first-order valence-electron chi connectivity index (χ1n) is 11.1. The number of carbonyl (C=O) groups excluding carboxylic acids is 2. The first kappa shape index (κ1) is 20.9. The molecule has 0 aromatic heterocycles. The summed E-state index contributed by atoms with van der Waals surface area (Å²) in [4.78, 5) is 38.8. The maximum Gasteiger partial charge on any atom is 0.297 e. The number of nitro groups is 1. The highest BCUT2D eigenvalue weighted by molar-refractivity contribution is 6.33. The molecule has 34 heavy (non-hydrogen) atoms. The molecule has 0 N–H and O–H groups in total. The van der Waals surface area contributed by atoms with Gasteiger partial charge in [0.1, 0.15) is 16.3 Å². The van der Waals surface area contributed by atoms with Crippen molar-refractivity contribution >= 4 is 34.8 Å². The van der Waals surface area contributed by atoms with Crippen LogP contribution in [0.5, 0.6) is 5.75 Å². The van der Waals surface area contributed by atoms with Crippen LogP contribution in [-0.2, 0) is 14.5 Å². The first-order valence-corrected chi connectivity index (χ1v) is 11.4. The molecule has 1 fully saturated rings. The molecule has 3 aromatic carbocycles. The van der Waals surface area contributed by atoms with Gasteiger partial charge in [0, 0.05) is 5.92 Å². The summed E-state index contributed by atoms with van der Waals surface area (Å²) in [6.07, 6.45) is 0. The van der Waals surface area contributed by atoms with Gasteiger partial charge in [-0.15, -0.1) is 11.6 Å². The molecule has 7 rings (SSSR count). The van der Waals surface area contributed by atoms with E-state index in [2.05, 4.69) is 0 Å². The summed E-state index contributed by atoms with van der Waals surface area (Å²) in [6, 6.07) is 19.4. The molecule has 7 nitrogen and oxygen atoms in total. The SMILES string of the molecule is CCOc1ccc(N2C(=O)C3C4c5ccccc5C(Cl)(c5ccccc54)C3C2=O)c([N+](=O)[O-])c1. The van der Waals surface area contributed by atoms with Crippen LogP contribution in [-0.4, -0.2) is 23.3 Å². The van der Waals surface area contributed by atoms with Gasteiger partial charge in [0.2, 0.25) is 11.8 Å². The van der Waals surface area contributed by atoms with E-state index in [0.717, 1.165) is 27.2 Å². The molecule has 2 unspecified atom stereocenters. The van der Waals surface area contributed by atoms with Crippen molar-refractivity contribution in [2.45, 2.75) is 17.7 Å². The van der Waals surface area contributed by atoms with E-state index in [1.165, 1.54) is 18.2 Å². The van der Waals surface area contributed by atoms with Crippen LogP contribution in [0.4, 0.5) is 11.4 Å². The van der Waals surface area contributed by atoms with Crippen molar-refractivity contribution in [3.05, 3.63) is 99.1 Å². The minimum atomic E-state index is -1.24. The molecule has 3 aliphatic carbocycles. The fraction of sp³-hybridized carbons (Fsp3) is 0.231. The molecule has 2 atom stereocenters. The van der Waals surface area contributed by atoms with Gasteiger partial charge in [-0.1, -0.05) is 48.5 Å². The van der Waals surface area contributed by atoms with Crippen molar-refractivity contribution in [2.75, 3.05) is 11.5 Å². The molecular weight excluding hydrogens is 456 g/mol. The van der Waals surface area contributed by atoms with Gasteiger partial charge in [-0.25, -0.2) is 4.90 Å². The molecule has 8 heteroatoms. The number of ether oxygens (including phenoxy) is 1. The maximum absolute atomic E-state index is 13.9. The minimum absolute atomic E-state index is 0.0642. The van der Waals surface area contributed by atoms with E-state index in [4.69, 9.17) is 16.3 Å². The molecule has 0 saturated carbocycles. The Balaban J connectivity index is 1.56. The van der Waals surface area contributed by atoms with E-state index in [-0.39, 0.29) is 17.3 Å². The van der Waals surface area contributed by atoms with Crippen molar-refractivity contribution in [1.82, 2.24) is 0 Å². The zero-order valence-electron chi connectivity index (χ0n) is 18.1. The third-order valence-corrected chi connectivity index (χ3v) is 7.85. The zero-order chi connectivity index (χ0) is 23.8. The van der Waals surface area contributed by atoms with Crippen molar-refractivity contribution in [3.63, 3.8) is 0 Å². The summed E-state index contributed by atoms with van der Waals surface area (Å²) in [7, 11) is 0. The number of benzene rings is 3. The molecule has 1 heterocycles. The van der Waals surface area contributed by atoms with Gasteiger partial charge in [0.15, 0.2) is 0 Å². The van der Waals surface area contributed by atoms with Gasteiger partial charge >= 0.3 is 0 Å². The van der Waals surface area contributed by atoms with Gasteiger partial charge in [-0.05, 0) is 41.3 Å². The second-order valence-corrected chi connectivity index (χ2v) is 9.32. The van der Waals surface area contributed by atoms with Crippen LogP contribution in [0.1, 0.15) is 35.1 Å². The van der Waals surface area contributed by atoms with E-state index in [1.807, 2.05) is 48.5 Å². The van der Waals surface area contributed by atoms with Crippen LogP contribution in [0.15, 0.2) is 66.7 Å². The van der Waals surface area contributed by atoms with Gasteiger partial charge in [0.05, 0.1) is 29.4 Å². The largest absolute Gasteiger partial charge is 0.494 e. The smallest absolute Gasteiger partial charge is 0.297 e. The molecule has 170 valence electrons. The summed E-state index contributed by atoms with van der Waals surface area (Å²) in [5, 5.41) is 11.9. The summed E-state index contributed by atoms with van der Waals surface area (Å²) in [5.74, 6) is -2.68.